The highest BCUT2D eigenvalue weighted by Crippen LogP contribution is 2.20. The van der Waals surface area contributed by atoms with Crippen LogP contribution in [0.2, 0.25) is 0 Å². The lowest BCUT2D eigenvalue weighted by Crippen LogP contribution is -2.29. The van der Waals surface area contributed by atoms with Crippen molar-refractivity contribution in [1.29, 1.82) is 0 Å². The third kappa shape index (κ3) is 3.23. The molecule has 0 bridgehead atoms. The molecule has 6 heteroatoms. The first-order valence-electron chi connectivity index (χ1n) is 7.32. The summed E-state index contributed by atoms with van der Waals surface area (Å²) >= 11 is 0. The van der Waals surface area contributed by atoms with Crippen molar-refractivity contribution >= 4 is 16.8 Å². The van der Waals surface area contributed by atoms with Crippen molar-refractivity contribution in [2.45, 2.75) is 6.10 Å². The van der Waals surface area contributed by atoms with E-state index in [0.29, 0.717) is 5.52 Å². The molecule has 4 nitrogen and oxygen atoms in total. The number of hydrogen-bond donors (Lipinski definition) is 2. The predicted octanol–water partition coefficient (Wildman–Crippen LogP) is 2.98. The summed E-state index contributed by atoms with van der Waals surface area (Å²) in [5, 5.41) is 13.3. The number of halogens is 2. The van der Waals surface area contributed by atoms with Crippen LogP contribution in [0.1, 0.15) is 22.2 Å². The summed E-state index contributed by atoms with van der Waals surface area (Å²) < 4.78 is 27.2. The van der Waals surface area contributed by atoms with E-state index in [-0.39, 0.29) is 12.2 Å². The van der Waals surface area contributed by atoms with Gasteiger partial charge in [0.05, 0.1) is 11.1 Å². The van der Waals surface area contributed by atoms with E-state index in [1.807, 2.05) is 18.2 Å². The smallest absolute Gasteiger partial charge is 0.270 e. The number of hydrogen-bond acceptors (Lipinski definition) is 3. The number of nitrogens with zero attached hydrogens (tertiary/aromatic N) is 1. The van der Waals surface area contributed by atoms with Gasteiger partial charge in [0.25, 0.3) is 5.91 Å². The van der Waals surface area contributed by atoms with Crippen LogP contribution in [0.5, 0.6) is 0 Å². The second-order valence-electron chi connectivity index (χ2n) is 5.25. The van der Waals surface area contributed by atoms with E-state index >= 15 is 0 Å². The van der Waals surface area contributed by atoms with E-state index in [9.17, 15) is 18.7 Å². The van der Waals surface area contributed by atoms with E-state index < -0.39 is 29.2 Å². The van der Waals surface area contributed by atoms with Gasteiger partial charge < -0.3 is 10.4 Å². The van der Waals surface area contributed by atoms with Crippen molar-refractivity contribution in [3.05, 3.63) is 77.5 Å². The number of rotatable bonds is 4. The van der Waals surface area contributed by atoms with Crippen LogP contribution < -0.4 is 5.32 Å². The molecular formula is C18H14F2N2O2. The SMILES string of the molecule is O=C(NCC(O)c1c(F)cccc1F)c1ccc2ccccc2n1. The lowest BCUT2D eigenvalue weighted by Gasteiger charge is -2.13. The molecule has 0 spiro atoms. The molecule has 0 aliphatic heterocycles. The first-order chi connectivity index (χ1) is 11.6. The zero-order valence-electron chi connectivity index (χ0n) is 12.5. The topological polar surface area (TPSA) is 62.2 Å². The minimum absolute atomic E-state index is 0.162. The number of benzene rings is 2. The van der Waals surface area contributed by atoms with Crippen molar-refractivity contribution in [3.63, 3.8) is 0 Å². The molecule has 0 saturated heterocycles. The zero-order chi connectivity index (χ0) is 17.1. The summed E-state index contributed by atoms with van der Waals surface area (Å²) in [5.41, 5.74) is 0.352. The van der Waals surface area contributed by atoms with Crippen molar-refractivity contribution in [2.24, 2.45) is 0 Å². The van der Waals surface area contributed by atoms with Gasteiger partial charge in [-0.15, -0.1) is 0 Å². The molecular weight excluding hydrogens is 314 g/mol. The van der Waals surface area contributed by atoms with Gasteiger partial charge in [0.1, 0.15) is 23.4 Å². The Labute approximate surface area is 136 Å². The summed E-state index contributed by atoms with van der Waals surface area (Å²) in [6.07, 6.45) is -1.49. The van der Waals surface area contributed by atoms with E-state index in [0.717, 1.165) is 17.5 Å². The monoisotopic (exact) mass is 328 g/mol. The van der Waals surface area contributed by atoms with Crippen LogP contribution in [-0.4, -0.2) is 22.5 Å². The Kier molecular flexibility index (Phi) is 4.48. The molecule has 0 aliphatic carbocycles. The van der Waals surface area contributed by atoms with Crippen molar-refractivity contribution < 1.29 is 18.7 Å². The molecule has 2 aromatic carbocycles. The Bertz CT molecular complexity index is 879. The Morgan fingerprint density at radius 1 is 1.04 bits per heavy atom. The first kappa shape index (κ1) is 16.0. The van der Waals surface area contributed by atoms with Crippen LogP contribution in [0, 0.1) is 11.6 Å². The number of aromatic nitrogens is 1. The van der Waals surface area contributed by atoms with Gasteiger partial charge in [-0.1, -0.05) is 30.3 Å². The molecule has 2 N–H and O–H groups in total. The number of carbonyl (C=O) groups is 1. The molecule has 0 saturated carbocycles. The number of carbonyl (C=O) groups excluding carboxylic acids is 1. The maximum atomic E-state index is 13.6. The van der Waals surface area contributed by atoms with E-state index in [1.165, 1.54) is 6.07 Å². The molecule has 3 rings (SSSR count). The highest BCUT2D eigenvalue weighted by atomic mass is 19.1. The predicted molar refractivity (Wildman–Crippen MR) is 85.4 cm³/mol. The van der Waals surface area contributed by atoms with E-state index in [4.69, 9.17) is 0 Å². The van der Waals surface area contributed by atoms with Gasteiger partial charge in [0.15, 0.2) is 0 Å². The molecule has 1 atom stereocenters. The Balaban J connectivity index is 1.72. The number of nitrogens with one attached hydrogen (secondary N) is 1. The normalized spacial score (nSPS) is 12.1. The van der Waals surface area contributed by atoms with Gasteiger partial charge in [-0.2, -0.15) is 0 Å². The lowest BCUT2D eigenvalue weighted by atomic mass is 10.1. The molecule has 24 heavy (non-hydrogen) atoms. The number of amides is 1. The molecule has 1 unspecified atom stereocenters. The Morgan fingerprint density at radius 2 is 1.75 bits per heavy atom. The number of para-hydroxylation sites is 1. The summed E-state index contributed by atoms with van der Waals surface area (Å²) in [4.78, 5) is 16.3. The molecule has 3 aromatic rings. The molecule has 1 aromatic heterocycles. The fourth-order valence-electron chi connectivity index (χ4n) is 2.40. The maximum Gasteiger partial charge on any atom is 0.270 e. The van der Waals surface area contributed by atoms with Gasteiger partial charge >= 0.3 is 0 Å². The van der Waals surface area contributed by atoms with Crippen LogP contribution in [0.25, 0.3) is 10.9 Å². The molecule has 1 amide bonds. The molecule has 0 aliphatic rings. The van der Waals surface area contributed by atoms with Crippen LogP contribution in [0.3, 0.4) is 0 Å². The standard InChI is InChI=1S/C18H14F2N2O2/c19-12-5-3-6-13(20)17(12)16(23)10-21-18(24)15-9-8-11-4-1-2-7-14(11)22-15/h1-9,16,23H,10H2,(H,21,24). The van der Waals surface area contributed by atoms with Crippen LogP contribution in [-0.2, 0) is 0 Å². The third-order valence-corrected chi connectivity index (χ3v) is 3.62. The highest BCUT2D eigenvalue weighted by Gasteiger charge is 2.19. The van der Waals surface area contributed by atoms with Crippen molar-refractivity contribution in [3.8, 4) is 0 Å². The molecule has 0 fully saturated rings. The fourth-order valence-corrected chi connectivity index (χ4v) is 2.40. The average Bonchev–Trinajstić information content (AvgIpc) is 2.59. The number of aliphatic hydroxyl groups is 1. The summed E-state index contributed by atoms with van der Waals surface area (Å²) in [5.74, 6) is -2.25. The molecule has 1 heterocycles. The largest absolute Gasteiger partial charge is 0.386 e. The molecule has 0 radical (unpaired) electrons. The van der Waals surface area contributed by atoms with E-state index in [2.05, 4.69) is 10.3 Å². The summed E-state index contributed by atoms with van der Waals surface area (Å²) in [7, 11) is 0. The lowest BCUT2D eigenvalue weighted by molar-refractivity contribution is 0.0907. The van der Waals surface area contributed by atoms with E-state index in [1.54, 1.807) is 18.2 Å². The number of fused-ring (bicyclic) bond motifs is 1. The third-order valence-electron chi connectivity index (χ3n) is 3.62. The average molecular weight is 328 g/mol. The highest BCUT2D eigenvalue weighted by molar-refractivity contribution is 5.94. The quantitative estimate of drug-likeness (QED) is 0.774. The minimum Gasteiger partial charge on any atom is -0.386 e. The maximum absolute atomic E-state index is 13.6. The Morgan fingerprint density at radius 3 is 2.50 bits per heavy atom. The van der Waals surface area contributed by atoms with Gasteiger partial charge in [-0.05, 0) is 24.3 Å². The van der Waals surface area contributed by atoms with Crippen LogP contribution in [0.15, 0.2) is 54.6 Å². The fraction of sp³-hybridized carbons (Fsp3) is 0.111. The second kappa shape index (κ2) is 6.72. The molecule has 122 valence electrons. The van der Waals surface area contributed by atoms with Crippen LogP contribution in [0.4, 0.5) is 8.78 Å². The van der Waals surface area contributed by atoms with Gasteiger partial charge in [0.2, 0.25) is 0 Å². The first-order valence-corrected chi connectivity index (χ1v) is 7.32. The zero-order valence-corrected chi connectivity index (χ0v) is 12.5. The summed E-state index contributed by atoms with van der Waals surface area (Å²) in [6.45, 7) is -0.328. The van der Waals surface area contributed by atoms with Crippen molar-refractivity contribution in [2.75, 3.05) is 6.54 Å². The second-order valence-corrected chi connectivity index (χ2v) is 5.25. The van der Waals surface area contributed by atoms with Gasteiger partial charge in [-0.25, -0.2) is 13.8 Å². The number of pyridine rings is 1. The minimum atomic E-state index is -1.49. The van der Waals surface area contributed by atoms with Gasteiger partial charge in [-0.3, -0.25) is 4.79 Å². The van der Waals surface area contributed by atoms with Crippen LogP contribution >= 0.6 is 0 Å². The Hall–Kier alpha value is -2.86. The number of aliphatic hydroxyl groups excluding tert-OH is 1. The summed E-state index contributed by atoms with van der Waals surface area (Å²) in [6, 6.07) is 13.9. The van der Waals surface area contributed by atoms with Crippen molar-refractivity contribution in [1.82, 2.24) is 10.3 Å². The van der Waals surface area contributed by atoms with Gasteiger partial charge in [0, 0.05) is 11.9 Å².